The van der Waals surface area contributed by atoms with Crippen LogP contribution >= 0.6 is 61.8 Å². The number of nitrogens with one attached hydrogen (secondary N) is 3. The number of H-pyrrole nitrogens is 1. The van der Waals surface area contributed by atoms with E-state index in [1.54, 1.807) is 53.5 Å². The van der Waals surface area contributed by atoms with Crippen LogP contribution in [0.3, 0.4) is 0 Å². The lowest BCUT2D eigenvalue weighted by Gasteiger charge is -2.35. The molecule has 720 valence electrons. The van der Waals surface area contributed by atoms with E-state index in [-0.39, 0.29) is 110 Å². The van der Waals surface area contributed by atoms with E-state index in [0.717, 1.165) is 42.5 Å². The Hall–Kier alpha value is -8.93. The van der Waals surface area contributed by atoms with Crippen LogP contribution in [0.15, 0.2) is 111 Å². The van der Waals surface area contributed by atoms with Crippen LogP contribution in [0.4, 0.5) is 10.3 Å². The van der Waals surface area contributed by atoms with Crippen molar-refractivity contribution in [1.82, 2.24) is 39.5 Å². The number of methoxy groups -OCH3 is 2. The molecule has 16 atom stereocenters. The van der Waals surface area contributed by atoms with Gasteiger partial charge in [-0.2, -0.15) is 8.42 Å². The third-order valence-corrected chi connectivity index (χ3v) is 30.8. The first-order valence-electron chi connectivity index (χ1n) is 45.6. The van der Waals surface area contributed by atoms with Gasteiger partial charge in [0, 0.05) is 95.5 Å². The number of pyridine rings is 2. The zero-order valence-corrected chi connectivity index (χ0v) is 84.2. The molecule has 8 aliphatic rings. The Kier molecular flexibility index (Phi) is 32.0. The minimum Gasteiger partial charge on any atom is -0.491 e. The summed E-state index contributed by atoms with van der Waals surface area (Å²) in [5.74, 6) is -1.39. The number of nitrogens with zero attached hydrogens (tertiary/aromatic N) is 7. The number of benzene rings is 3. The predicted octanol–water partition coefficient (Wildman–Crippen LogP) is 16.7. The minimum absolute atomic E-state index is 0.0605. The van der Waals surface area contributed by atoms with Crippen LogP contribution in [-0.2, 0) is 71.6 Å². The highest BCUT2D eigenvalue weighted by molar-refractivity contribution is 9.10. The average Bonchev–Trinajstić information content (AvgIpc) is 1.58. The van der Waals surface area contributed by atoms with Crippen molar-refractivity contribution in [2.24, 2.45) is 69.0 Å². The van der Waals surface area contributed by atoms with Crippen molar-refractivity contribution in [3.63, 3.8) is 0 Å². The highest BCUT2D eigenvalue weighted by atomic mass is 79.9. The smallest absolute Gasteiger partial charge is 0.312 e. The molecule has 35 heteroatoms. The summed E-state index contributed by atoms with van der Waals surface area (Å²) in [7, 11) is 6.23. The number of carbonyl (C=O) groups excluding carboxylic acids is 8. The lowest BCUT2D eigenvalue weighted by Crippen LogP contribution is -2.48. The summed E-state index contributed by atoms with van der Waals surface area (Å²) in [6.07, 6.45) is 7.55. The largest absolute Gasteiger partial charge is 0.491 e. The molecule has 0 radical (unpaired) electrons. The van der Waals surface area contributed by atoms with E-state index in [0.29, 0.717) is 133 Å². The van der Waals surface area contributed by atoms with Gasteiger partial charge in [0.25, 0.3) is 10.1 Å². The molecule has 2 saturated heterocycles. The van der Waals surface area contributed by atoms with Crippen LogP contribution in [0.25, 0.3) is 44.6 Å². The molecule has 0 bridgehead atoms. The second kappa shape index (κ2) is 42.0. The number of fused-ring (bicyclic) bond motifs is 4. The molecule has 4 aromatic heterocycles. The van der Waals surface area contributed by atoms with Gasteiger partial charge in [-0.3, -0.25) is 47.3 Å². The van der Waals surface area contributed by atoms with Crippen molar-refractivity contribution in [3.8, 4) is 40.0 Å². The third-order valence-electron chi connectivity index (χ3n) is 26.6. The number of carbonyl (C=O) groups is 8. The average molecular weight is 1990 g/mol. The second-order valence-electron chi connectivity index (χ2n) is 40.1. The van der Waals surface area contributed by atoms with Crippen molar-refractivity contribution >= 4 is 151 Å². The summed E-state index contributed by atoms with van der Waals surface area (Å²) in [6, 6.07) is 14.9. The van der Waals surface area contributed by atoms with Crippen LogP contribution in [0.1, 0.15) is 159 Å². The van der Waals surface area contributed by atoms with E-state index in [1.807, 2.05) is 116 Å². The van der Waals surface area contributed by atoms with Gasteiger partial charge in [0.05, 0.1) is 107 Å². The third kappa shape index (κ3) is 24.4. The standard InChI is InChI=1S/C46H60ClN5O8S.C33H42BrNO9S.C19H23ClN4O2S/c1-10-28-21-46(28,43(56)57-9)22-36(53)35-18-30(23-52(35)42(55)32(45(4,5)6)19-39(54)60-29-16-26-15-27(26)17-29)59-38-20-33(34-24-61-44(50-34)48-25(2)3)49-41-31(38)11-12-37(40(41)47)58-14-13-51(7)8;1-6-21-16-33(21,31(39)42-5)17-28(36)27-14-24(44-45(40,41)25-9-7-22(34)8-10-25)18-35(27)30(38)26(32(2,3)4)15-29(37)43-23-12-19-11-20(19)13-23;1-11(2)21-19-23-14(10-27-19)13-9-15(25)12-5-6-16(17(20)18(12)22-13)26-8-7-24(3)4/h10-12,20,24-30,32,35H,1,13-19,21-23H2,2-9H3,(H,48,50);6-10,19-21,23-24,26-27H,1,11-18H2,2-5H3;5-6,9-11H,7-8H2,1-4H3,(H,21,23)(H,22,25)/t26-,27+,28-,29?,30-,32-,35+,46?;19-,20+,21-,23?,24-,26-,27+,33?;/m11./s1. The van der Waals surface area contributed by atoms with Crippen LogP contribution < -0.4 is 30.3 Å². The van der Waals surface area contributed by atoms with Gasteiger partial charge >= 0.3 is 23.9 Å². The molecule has 15 rings (SSSR count). The molecule has 2 amide bonds. The monoisotopic (exact) mass is 1990 g/mol. The maximum absolute atomic E-state index is 14.9. The zero-order chi connectivity index (χ0) is 96.4. The number of amides is 2. The van der Waals surface area contributed by atoms with Crippen molar-refractivity contribution in [1.29, 1.82) is 0 Å². The lowest BCUT2D eigenvalue weighted by atomic mass is 9.77. The predicted molar refractivity (Wildman–Crippen MR) is 516 cm³/mol. The molecule has 6 aliphatic carbocycles. The maximum Gasteiger partial charge on any atom is 0.312 e. The van der Waals surface area contributed by atoms with Gasteiger partial charge < -0.3 is 68.4 Å². The molecule has 2 aliphatic heterocycles. The highest BCUT2D eigenvalue weighted by Crippen LogP contribution is 2.60. The number of ether oxygens (including phenoxy) is 7. The van der Waals surface area contributed by atoms with Crippen LogP contribution in [0.2, 0.25) is 10.0 Å². The number of ketones is 2. The number of aromatic amines is 1. The molecule has 4 unspecified atom stereocenters. The Morgan fingerprint density at radius 3 is 1.50 bits per heavy atom. The first kappa shape index (κ1) is 101. The van der Waals surface area contributed by atoms with Gasteiger partial charge in [-0.25, -0.2) is 15.0 Å². The van der Waals surface area contributed by atoms with Gasteiger partial charge in [0.1, 0.15) is 64.5 Å². The first-order valence-corrected chi connectivity index (χ1v) is 50.4. The van der Waals surface area contributed by atoms with E-state index in [9.17, 15) is 51.6 Å². The zero-order valence-electron chi connectivity index (χ0n) is 78.6. The molecule has 133 heavy (non-hydrogen) atoms. The van der Waals surface area contributed by atoms with Gasteiger partial charge in [-0.15, -0.1) is 35.8 Å². The van der Waals surface area contributed by atoms with Gasteiger partial charge in [-0.05, 0) is 202 Å². The topological polar surface area (TPSA) is 353 Å². The Morgan fingerprint density at radius 1 is 0.594 bits per heavy atom. The Bertz CT molecular complexity index is 5680. The molecule has 8 fully saturated rings. The van der Waals surface area contributed by atoms with E-state index in [4.69, 9.17) is 70.5 Å². The minimum atomic E-state index is -4.23. The van der Waals surface area contributed by atoms with Crippen molar-refractivity contribution in [2.45, 2.75) is 213 Å². The maximum atomic E-state index is 14.9. The molecular weight excluding hydrogens is 1870 g/mol. The summed E-state index contributed by atoms with van der Waals surface area (Å²) in [4.78, 5) is 147. The molecule has 6 heterocycles. The van der Waals surface area contributed by atoms with Crippen molar-refractivity contribution < 1.29 is 84.1 Å². The fourth-order valence-electron chi connectivity index (χ4n) is 18.8. The summed E-state index contributed by atoms with van der Waals surface area (Å²) < 4.78 is 73.2. The van der Waals surface area contributed by atoms with Crippen LogP contribution in [0, 0.1) is 69.0 Å². The van der Waals surface area contributed by atoms with Gasteiger partial charge in [-0.1, -0.05) is 92.8 Å². The number of hydrogen-bond acceptors (Lipinski definition) is 28. The van der Waals surface area contributed by atoms with Crippen molar-refractivity contribution in [3.05, 3.63) is 121 Å². The molecule has 3 N–H and O–H groups in total. The second-order valence-corrected chi connectivity index (χ2v) is 45.0. The lowest BCUT2D eigenvalue weighted by molar-refractivity contribution is -0.157. The van der Waals surface area contributed by atoms with E-state index < -0.39 is 103 Å². The number of thiazole rings is 2. The van der Waals surface area contributed by atoms with Crippen molar-refractivity contribution in [2.75, 3.05) is 92.4 Å². The number of allylic oxidation sites excluding steroid dienone is 2. The summed E-state index contributed by atoms with van der Waals surface area (Å²) in [6.45, 7) is 29.4. The van der Waals surface area contributed by atoms with Gasteiger partial charge in [0.15, 0.2) is 27.3 Å². The normalized spacial score (nSPS) is 24.7. The van der Waals surface area contributed by atoms with Crippen LogP contribution in [-0.4, -0.2) is 226 Å². The molecule has 6 saturated carbocycles. The quantitative estimate of drug-likeness (QED) is 0.0141. The molecular formula is C98H125BrCl2N10O19S3. The summed E-state index contributed by atoms with van der Waals surface area (Å²) >= 11 is 19.8. The summed E-state index contributed by atoms with van der Waals surface area (Å²) in [5, 5.41) is 13.9. The van der Waals surface area contributed by atoms with Crippen LogP contribution in [0.5, 0.6) is 17.2 Å². The molecule has 29 nitrogen and oxygen atoms in total. The number of halogens is 3. The number of likely N-dealkylation sites (N-methyl/N-ethyl adjacent to an activating group) is 2. The fraction of sp³-hybridized carbons (Fsp3) is 0.571. The Morgan fingerprint density at radius 2 is 1.05 bits per heavy atom. The highest BCUT2D eigenvalue weighted by Gasteiger charge is 2.63. The fourth-order valence-corrected chi connectivity index (χ4v) is 22.4. The Labute approximate surface area is 804 Å². The first-order chi connectivity index (χ1) is 62.8. The number of esters is 4. The Balaban J connectivity index is 0.000000182. The number of aromatic nitrogens is 4. The molecule has 7 aromatic rings. The van der Waals surface area contributed by atoms with E-state index >= 15 is 0 Å². The number of likely N-dealkylation sites (tertiary alicyclic amines) is 2. The van der Waals surface area contributed by atoms with Gasteiger partial charge in [0.2, 0.25) is 11.8 Å². The number of anilines is 2. The number of Topliss-reactive ketones (excluding diaryl/α,β-unsaturated/α-hetero) is 2. The van der Waals surface area contributed by atoms with E-state index in [2.05, 4.69) is 63.5 Å². The summed E-state index contributed by atoms with van der Waals surface area (Å²) in [5.41, 5.74) is -0.0320. The van der Waals surface area contributed by atoms with E-state index in [1.165, 1.54) is 66.8 Å². The SMILES string of the molecule is C=C[C@@H]1CC1(CC(=O)[C@@H]1C[C@@H](OS(=O)(=O)c2ccc(Br)cc2)CN1C(=O)[C@@H](CC(=O)OC1C[C@@H]2C[C@@H]2C1)C(C)(C)C)C(=O)OC.C=C[C@@H]1CC1(CC(=O)[C@@H]1C[C@@H](Oc2cc(-c3csc(NC(C)C)n3)nc3c(Cl)c(OCCN(C)C)ccc23)CN1C(=O)[C@@H](CC(=O)OC1C[C@@H]2C[C@@H]2C1)C(C)(C)C)C(=O)OC.CC(C)Nc1nc(-c2cc(=O)c3ccc(OCCN(C)C)c(Cl)c3[nH]2)cs1. The molecule has 3 aromatic carbocycles. The number of hydrogen-bond donors (Lipinski definition) is 3. The molecule has 0 spiro atoms. The number of rotatable bonds is 37.